The minimum absolute atomic E-state index is 0.143. The summed E-state index contributed by atoms with van der Waals surface area (Å²) in [5.41, 5.74) is 1.99. The molecule has 0 bridgehead atoms. The van der Waals surface area contributed by atoms with Crippen molar-refractivity contribution in [1.29, 1.82) is 0 Å². The largest absolute Gasteiger partial charge is 0.480 e. The van der Waals surface area contributed by atoms with Gasteiger partial charge in [-0.25, -0.2) is 9.48 Å². The first kappa shape index (κ1) is 11.4. The van der Waals surface area contributed by atoms with Crippen molar-refractivity contribution in [2.75, 3.05) is 7.11 Å². The van der Waals surface area contributed by atoms with Crippen LogP contribution in [0.3, 0.4) is 0 Å². The van der Waals surface area contributed by atoms with Gasteiger partial charge >= 0.3 is 5.97 Å². The first-order valence-electron chi connectivity index (χ1n) is 6.42. The van der Waals surface area contributed by atoms with Gasteiger partial charge < -0.3 is 9.84 Å². The maximum Gasteiger partial charge on any atom is 0.356 e. The summed E-state index contributed by atoms with van der Waals surface area (Å²) in [6.45, 7) is 0. The molecule has 20 heavy (non-hydrogen) atoms. The third-order valence-corrected chi connectivity index (χ3v) is 4.02. The molecule has 2 heterocycles. The van der Waals surface area contributed by atoms with E-state index in [1.807, 2.05) is 0 Å². The Labute approximate surface area is 114 Å². The van der Waals surface area contributed by atoms with Gasteiger partial charge in [-0.2, -0.15) is 5.10 Å². The maximum atomic E-state index is 11.3. The molecule has 2 aliphatic rings. The van der Waals surface area contributed by atoms with Crippen molar-refractivity contribution in [2.45, 2.75) is 18.8 Å². The van der Waals surface area contributed by atoms with E-state index in [-0.39, 0.29) is 5.69 Å². The number of carboxylic acids is 1. The minimum atomic E-state index is -0.984. The fourth-order valence-electron chi connectivity index (χ4n) is 3.00. The number of carbonyl (C=O) groups is 1. The van der Waals surface area contributed by atoms with Gasteiger partial charge in [0.25, 0.3) is 0 Å². The molecule has 2 aliphatic carbocycles. The molecule has 7 nitrogen and oxygen atoms in total. The van der Waals surface area contributed by atoms with Crippen LogP contribution in [-0.2, 0) is 6.42 Å². The Morgan fingerprint density at radius 1 is 1.45 bits per heavy atom. The van der Waals surface area contributed by atoms with Crippen LogP contribution in [0.2, 0.25) is 0 Å². The van der Waals surface area contributed by atoms with Crippen molar-refractivity contribution in [3.8, 4) is 11.7 Å². The highest BCUT2D eigenvalue weighted by molar-refractivity contribution is 5.88. The zero-order valence-corrected chi connectivity index (χ0v) is 10.8. The van der Waals surface area contributed by atoms with Crippen LogP contribution in [0.5, 0.6) is 5.88 Å². The molecule has 7 heteroatoms. The summed E-state index contributed by atoms with van der Waals surface area (Å²) in [6.07, 6.45) is 1.92. The minimum Gasteiger partial charge on any atom is -0.480 e. The lowest BCUT2D eigenvalue weighted by atomic mass is 10.1. The zero-order valence-electron chi connectivity index (χ0n) is 10.8. The molecule has 2 aromatic heterocycles. The molecular formula is C13H12N4O3. The Morgan fingerprint density at radius 2 is 2.30 bits per heavy atom. The van der Waals surface area contributed by atoms with Gasteiger partial charge in [0, 0.05) is 17.5 Å². The summed E-state index contributed by atoms with van der Waals surface area (Å²) in [4.78, 5) is 11.3. The van der Waals surface area contributed by atoms with E-state index in [4.69, 9.17) is 4.74 Å². The lowest BCUT2D eigenvalue weighted by molar-refractivity contribution is 0.0688. The van der Waals surface area contributed by atoms with Crippen molar-refractivity contribution < 1.29 is 14.6 Å². The van der Waals surface area contributed by atoms with E-state index in [1.165, 1.54) is 7.11 Å². The first-order valence-corrected chi connectivity index (χ1v) is 6.42. The summed E-state index contributed by atoms with van der Waals surface area (Å²) in [6, 6.07) is 3.43. The van der Waals surface area contributed by atoms with Crippen molar-refractivity contribution in [3.05, 3.63) is 29.1 Å². The second-order valence-electron chi connectivity index (χ2n) is 5.17. The predicted octanol–water partition coefficient (Wildman–Crippen LogP) is 1.03. The molecule has 102 valence electrons. The van der Waals surface area contributed by atoms with Crippen LogP contribution in [0.4, 0.5) is 0 Å². The van der Waals surface area contributed by atoms with Gasteiger partial charge in [-0.15, -0.1) is 10.2 Å². The van der Waals surface area contributed by atoms with Crippen LogP contribution in [-0.4, -0.2) is 38.2 Å². The van der Waals surface area contributed by atoms with Crippen molar-refractivity contribution in [3.63, 3.8) is 0 Å². The lowest BCUT2D eigenvalue weighted by Crippen LogP contribution is -2.07. The van der Waals surface area contributed by atoms with Gasteiger partial charge in [0.15, 0.2) is 11.5 Å². The molecule has 1 saturated carbocycles. The highest BCUT2D eigenvalue weighted by Crippen LogP contribution is 2.57. The normalized spacial score (nSPS) is 22.2. The van der Waals surface area contributed by atoms with Crippen LogP contribution in [0.25, 0.3) is 5.82 Å². The summed E-state index contributed by atoms with van der Waals surface area (Å²) in [5, 5.41) is 21.4. The third kappa shape index (κ3) is 1.46. The van der Waals surface area contributed by atoms with E-state index >= 15 is 0 Å². The van der Waals surface area contributed by atoms with E-state index in [0.29, 0.717) is 23.5 Å². The third-order valence-electron chi connectivity index (χ3n) is 4.02. The van der Waals surface area contributed by atoms with E-state index in [1.54, 1.807) is 16.8 Å². The number of methoxy groups -OCH3 is 1. The molecule has 0 amide bonds. The van der Waals surface area contributed by atoms with Crippen LogP contribution >= 0.6 is 0 Å². The molecule has 0 spiro atoms. The Hall–Kier alpha value is -2.44. The number of rotatable bonds is 3. The van der Waals surface area contributed by atoms with Crippen molar-refractivity contribution in [1.82, 2.24) is 20.0 Å². The van der Waals surface area contributed by atoms with E-state index in [2.05, 4.69) is 15.3 Å². The number of nitrogens with zero attached hydrogens (tertiary/aromatic N) is 4. The molecular weight excluding hydrogens is 260 g/mol. The fraction of sp³-hybridized carbons (Fsp3) is 0.385. The number of ether oxygens (including phenoxy) is 1. The van der Waals surface area contributed by atoms with Crippen molar-refractivity contribution in [2.24, 2.45) is 5.92 Å². The first-order chi connectivity index (χ1) is 9.69. The smallest absolute Gasteiger partial charge is 0.356 e. The van der Waals surface area contributed by atoms with Crippen molar-refractivity contribution >= 4 is 5.97 Å². The second-order valence-corrected chi connectivity index (χ2v) is 5.17. The van der Waals surface area contributed by atoms with Gasteiger partial charge in [0.1, 0.15) is 0 Å². The van der Waals surface area contributed by atoms with Crippen LogP contribution < -0.4 is 4.74 Å². The van der Waals surface area contributed by atoms with Gasteiger partial charge in [-0.3, -0.25) is 0 Å². The van der Waals surface area contributed by atoms with E-state index < -0.39 is 5.97 Å². The van der Waals surface area contributed by atoms with Gasteiger partial charge in [0.05, 0.1) is 12.8 Å². The summed E-state index contributed by atoms with van der Waals surface area (Å²) >= 11 is 0. The quantitative estimate of drug-likeness (QED) is 0.897. The molecule has 0 radical (unpaired) electrons. The molecule has 1 N–H and O–H groups in total. The highest BCUT2D eigenvalue weighted by atomic mass is 16.5. The Bertz CT molecular complexity index is 707. The van der Waals surface area contributed by atoms with Crippen LogP contribution in [0.15, 0.2) is 12.1 Å². The average Bonchev–Trinajstić information content (AvgIpc) is 2.95. The maximum absolute atomic E-state index is 11.3. The molecule has 0 aliphatic heterocycles. The van der Waals surface area contributed by atoms with E-state index in [9.17, 15) is 9.90 Å². The fourth-order valence-corrected chi connectivity index (χ4v) is 3.00. The molecule has 0 aromatic carbocycles. The molecule has 0 unspecified atom stereocenters. The zero-order chi connectivity index (χ0) is 13.9. The average molecular weight is 272 g/mol. The SMILES string of the molecule is COc1ccc(-n2nc(C(=O)O)c3c2[C@@H]2C[C@@H]2C3)nn1. The van der Waals surface area contributed by atoms with Gasteiger partial charge in [0.2, 0.25) is 5.88 Å². The van der Waals surface area contributed by atoms with E-state index in [0.717, 1.165) is 24.1 Å². The standard InChI is InChI=1S/C13H12N4O3/c1-20-10-3-2-9(14-15-10)17-12-7-4-6(7)5-8(12)11(16-17)13(18)19/h2-3,6-7H,4-5H2,1H3,(H,18,19)/t6-,7-/m1/s1. The Kier molecular flexibility index (Phi) is 2.15. The predicted molar refractivity (Wildman–Crippen MR) is 67.2 cm³/mol. The summed E-state index contributed by atoms with van der Waals surface area (Å²) in [5.74, 6) is 0.971. The summed E-state index contributed by atoms with van der Waals surface area (Å²) < 4.78 is 6.60. The number of aromatic carboxylic acids is 1. The topological polar surface area (TPSA) is 90.1 Å². The van der Waals surface area contributed by atoms with Gasteiger partial charge in [-0.05, 0) is 24.8 Å². The molecule has 0 saturated heterocycles. The molecule has 2 aromatic rings. The number of carboxylic acid groups (broad SMARTS) is 1. The molecule has 2 atom stereocenters. The number of fused-ring (bicyclic) bond motifs is 3. The number of hydrogen-bond acceptors (Lipinski definition) is 5. The number of aromatic nitrogens is 4. The van der Waals surface area contributed by atoms with Gasteiger partial charge in [-0.1, -0.05) is 0 Å². The monoisotopic (exact) mass is 272 g/mol. The highest BCUT2D eigenvalue weighted by Gasteiger charge is 2.50. The Morgan fingerprint density at radius 3 is 2.95 bits per heavy atom. The second kappa shape index (κ2) is 3.78. The Balaban J connectivity index is 1.85. The van der Waals surface area contributed by atoms with Crippen LogP contribution in [0.1, 0.15) is 34.1 Å². The summed E-state index contributed by atoms with van der Waals surface area (Å²) in [7, 11) is 1.52. The number of hydrogen-bond donors (Lipinski definition) is 1. The van der Waals surface area contributed by atoms with Crippen LogP contribution in [0, 0.1) is 5.92 Å². The lowest BCUT2D eigenvalue weighted by Gasteiger charge is -2.05. The molecule has 1 fully saturated rings. The molecule has 4 rings (SSSR count).